The Morgan fingerprint density at radius 1 is 0.950 bits per heavy atom. The molecule has 98 valence electrons. The molecule has 3 rings (SSSR count). The average molecular weight is 263 g/mol. The van der Waals surface area contributed by atoms with Crippen LogP contribution in [0.25, 0.3) is 10.9 Å². The minimum absolute atomic E-state index is 0.176. The second kappa shape index (κ2) is 4.97. The van der Waals surface area contributed by atoms with Gasteiger partial charge >= 0.3 is 0 Å². The van der Waals surface area contributed by atoms with Crippen LogP contribution in [0.2, 0.25) is 0 Å². The molecule has 0 aliphatic rings. The molecule has 0 atom stereocenters. The molecule has 1 aromatic heterocycles. The van der Waals surface area contributed by atoms with Crippen LogP contribution < -0.4 is 11.5 Å². The molecule has 0 amide bonds. The monoisotopic (exact) mass is 263 g/mol. The number of benzene rings is 2. The number of anilines is 2. The first-order valence-electron chi connectivity index (χ1n) is 6.14. The van der Waals surface area contributed by atoms with Gasteiger partial charge in [0.25, 0.3) is 0 Å². The number of nitrogens with two attached hydrogens (primary N) is 2. The van der Waals surface area contributed by atoms with Crippen molar-refractivity contribution in [2.24, 2.45) is 4.99 Å². The molecular weight excluding hydrogens is 250 g/mol. The quantitative estimate of drug-likeness (QED) is 0.695. The van der Waals surface area contributed by atoms with Crippen LogP contribution >= 0.6 is 0 Å². The van der Waals surface area contributed by atoms with Gasteiger partial charge in [-0.3, -0.25) is 4.99 Å². The zero-order chi connectivity index (χ0) is 13.9. The van der Waals surface area contributed by atoms with E-state index in [-0.39, 0.29) is 5.95 Å². The lowest BCUT2D eigenvalue weighted by Gasteiger charge is -2.03. The smallest absolute Gasteiger partial charge is 0.222 e. The van der Waals surface area contributed by atoms with E-state index in [0.29, 0.717) is 11.3 Å². The van der Waals surface area contributed by atoms with Gasteiger partial charge in [0, 0.05) is 11.6 Å². The Balaban J connectivity index is 1.99. The van der Waals surface area contributed by atoms with Crippen LogP contribution in [0.1, 0.15) is 5.56 Å². The predicted molar refractivity (Wildman–Crippen MR) is 82.1 cm³/mol. The highest BCUT2D eigenvalue weighted by Crippen LogP contribution is 2.24. The van der Waals surface area contributed by atoms with Crippen molar-refractivity contribution in [2.75, 3.05) is 11.5 Å². The van der Waals surface area contributed by atoms with Gasteiger partial charge in [0.2, 0.25) is 5.95 Å². The van der Waals surface area contributed by atoms with Crippen molar-refractivity contribution in [3.8, 4) is 0 Å². The molecule has 2 aromatic carbocycles. The summed E-state index contributed by atoms with van der Waals surface area (Å²) in [6.07, 6.45) is 1.80. The highest BCUT2D eigenvalue weighted by molar-refractivity contribution is 5.92. The van der Waals surface area contributed by atoms with Crippen molar-refractivity contribution in [3.05, 3.63) is 54.1 Å². The Morgan fingerprint density at radius 2 is 1.75 bits per heavy atom. The molecule has 0 unspecified atom stereocenters. The lowest BCUT2D eigenvalue weighted by Crippen LogP contribution is -2.00. The van der Waals surface area contributed by atoms with Crippen molar-refractivity contribution >= 4 is 34.6 Å². The van der Waals surface area contributed by atoms with Crippen LogP contribution in [-0.2, 0) is 0 Å². The molecule has 0 saturated carbocycles. The zero-order valence-corrected chi connectivity index (χ0v) is 10.7. The molecule has 0 aliphatic carbocycles. The Labute approximate surface area is 116 Å². The Bertz CT molecular complexity index is 781. The van der Waals surface area contributed by atoms with Gasteiger partial charge in [-0.2, -0.15) is 4.98 Å². The molecule has 0 spiro atoms. The number of hydrogen-bond donors (Lipinski definition) is 2. The zero-order valence-electron chi connectivity index (χ0n) is 10.7. The van der Waals surface area contributed by atoms with Gasteiger partial charge in [-0.25, -0.2) is 4.98 Å². The molecule has 0 radical (unpaired) electrons. The predicted octanol–water partition coefficient (Wildman–Crippen LogP) is 2.54. The molecule has 5 nitrogen and oxygen atoms in total. The standard InChI is InChI=1S/C15H13N5/c16-14-12-8-11(6-7-13(12)19-15(17)20-14)18-9-10-4-2-1-3-5-10/h1-9H,(H4,16,17,19,20). The summed E-state index contributed by atoms with van der Waals surface area (Å²) in [5, 5.41) is 0.752. The average Bonchev–Trinajstić information content (AvgIpc) is 2.46. The fourth-order valence-electron chi connectivity index (χ4n) is 1.93. The number of aromatic nitrogens is 2. The van der Waals surface area contributed by atoms with Gasteiger partial charge in [0.05, 0.1) is 11.2 Å². The largest absolute Gasteiger partial charge is 0.383 e. The molecule has 1 heterocycles. The molecule has 3 aromatic rings. The van der Waals surface area contributed by atoms with E-state index in [9.17, 15) is 0 Å². The first kappa shape index (κ1) is 12.1. The van der Waals surface area contributed by atoms with Crippen LogP contribution in [-0.4, -0.2) is 16.2 Å². The van der Waals surface area contributed by atoms with E-state index in [2.05, 4.69) is 15.0 Å². The number of fused-ring (bicyclic) bond motifs is 1. The molecule has 0 fully saturated rings. The third kappa shape index (κ3) is 2.42. The number of hydrogen-bond acceptors (Lipinski definition) is 5. The van der Waals surface area contributed by atoms with E-state index in [4.69, 9.17) is 11.5 Å². The summed E-state index contributed by atoms with van der Waals surface area (Å²) in [7, 11) is 0. The molecule has 5 heteroatoms. The van der Waals surface area contributed by atoms with Crippen molar-refractivity contribution < 1.29 is 0 Å². The number of aliphatic imine (C=N–C) groups is 1. The van der Waals surface area contributed by atoms with E-state index in [1.165, 1.54) is 0 Å². The van der Waals surface area contributed by atoms with E-state index < -0.39 is 0 Å². The van der Waals surface area contributed by atoms with Crippen molar-refractivity contribution in [2.45, 2.75) is 0 Å². The number of rotatable bonds is 2. The summed E-state index contributed by atoms with van der Waals surface area (Å²) in [4.78, 5) is 12.5. The lowest BCUT2D eigenvalue weighted by atomic mass is 10.2. The van der Waals surface area contributed by atoms with Gasteiger partial charge in [0.1, 0.15) is 5.82 Å². The maximum Gasteiger partial charge on any atom is 0.222 e. The topological polar surface area (TPSA) is 90.2 Å². The van der Waals surface area contributed by atoms with E-state index >= 15 is 0 Å². The maximum absolute atomic E-state index is 5.85. The number of nitrogens with zero attached hydrogens (tertiary/aromatic N) is 3. The van der Waals surface area contributed by atoms with Crippen molar-refractivity contribution in [1.29, 1.82) is 0 Å². The first-order valence-corrected chi connectivity index (χ1v) is 6.14. The highest BCUT2D eigenvalue weighted by Gasteiger charge is 2.03. The fourth-order valence-corrected chi connectivity index (χ4v) is 1.93. The number of nitrogen functional groups attached to an aromatic ring is 2. The molecule has 0 aliphatic heterocycles. The van der Waals surface area contributed by atoms with Gasteiger partial charge in [-0.15, -0.1) is 0 Å². The second-order valence-electron chi connectivity index (χ2n) is 4.34. The normalized spacial score (nSPS) is 11.2. The third-order valence-corrected chi connectivity index (χ3v) is 2.89. The van der Waals surface area contributed by atoms with E-state index in [0.717, 1.165) is 16.6 Å². The van der Waals surface area contributed by atoms with Gasteiger partial charge in [-0.1, -0.05) is 30.3 Å². The SMILES string of the molecule is Nc1nc(N)c2cc(N=Cc3ccccc3)ccc2n1. The van der Waals surface area contributed by atoms with Crippen molar-refractivity contribution in [3.63, 3.8) is 0 Å². The van der Waals surface area contributed by atoms with Gasteiger partial charge in [-0.05, 0) is 23.8 Å². The summed E-state index contributed by atoms with van der Waals surface area (Å²) >= 11 is 0. The molecule has 0 saturated heterocycles. The fraction of sp³-hybridized carbons (Fsp3) is 0. The summed E-state index contributed by atoms with van der Waals surface area (Å²) in [6, 6.07) is 15.4. The summed E-state index contributed by atoms with van der Waals surface area (Å²) in [6.45, 7) is 0. The van der Waals surface area contributed by atoms with Gasteiger partial charge in [0.15, 0.2) is 0 Å². The minimum atomic E-state index is 0.176. The molecular formula is C15H13N5. The maximum atomic E-state index is 5.85. The molecule has 20 heavy (non-hydrogen) atoms. The van der Waals surface area contributed by atoms with Crippen LogP contribution in [0.3, 0.4) is 0 Å². The minimum Gasteiger partial charge on any atom is -0.383 e. The lowest BCUT2D eigenvalue weighted by molar-refractivity contribution is 1.24. The highest BCUT2D eigenvalue weighted by atomic mass is 15.0. The van der Waals surface area contributed by atoms with E-state index in [1.54, 1.807) is 6.21 Å². The Morgan fingerprint density at radius 3 is 2.55 bits per heavy atom. The Hall–Kier alpha value is -2.95. The van der Waals surface area contributed by atoms with Crippen LogP contribution in [0.5, 0.6) is 0 Å². The first-order chi connectivity index (χ1) is 9.72. The van der Waals surface area contributed by atoms with Gasteiger partial charge < -0.3 is 11.5 Å². The Kier molecular flexibility index (Phi) is 3.01. The third-order valence-electron chi connectivity index (χ3n) is 2.89. The molecule has 0 bridgehead atoms. The van der Waals surface area contributed by atoms with E-state index in [1.807, 2.05) is 48.5 Å². The van der Waals surface area contributed by atoms with Crippen molar-refractivity contribution in [1.82, 2.24) is 9.97 Å². The summed E-state index contributed by atoms with van der Waals surface area (Å²) in [5.41, 5.74) is 14.0. The molecule has 4 N–H and O–H groups in total. The van der Waals surface area contributed by atoms with Crippen LogP contribution in [0, 0.1) is 0 Å². The summed E-state index contributed by atoms with van der Waals surface area (Å²) < 4.78 is 0. The summed E-state index contributed by atoms with van der Waals surface area (Å²) in [5.74, 6) is 0.541. The van der Waals surface area contributed by atoms with Crippen LogP contribution in [0.15, 0.2) is 53.5 Å². The van der Waals surface area contributed by atoms with Crippen LogP contribution in [0.4, 0.5) is 17.5 Å². The second-order valence-corrected chi connectivity index (χ2v) is 4.34.